The molecule has 5 heteroatoms. The summed E-state index contributed by atoms with van der Waals surface area (Å²) in [7, 11) is 0. The summed E-state index contributed by atoms with van der Waals surface area (Å²) in [6, 6.07) is 24.1. The summed E-state index contributed by atoms with van der Waals surface area (Å²) in [5.74, 6) is 1.04. The fourth-order valence-electron chi connectivity index (χ4n) is 6.16. The van der Waals surface area contributed by atoms with Crippen molar-refractivity contribution in [3.63, 3.8) is 0 Å². The Morgan fingerprint density at radius 3 is 2.56 bits per heavy atom. The number of fused-ring (bicyclic) bond motifs is 2. The Hall–Kier alpha value is -3.02. The lowest BCUT2D eigenvalue weighted by Crippen LogP contribution is -2.48. The van der Waals surface area contributed by atoms with E-state index in [1.807, 2.05) is 6.20 Å². The molecule has 2 aromatic heterocycles. The second-order valence-corrected chi connectivity index (χ2v) is 10.1. The summed E-state index contributed by atoms with van der Waals surface area (Å²) < 4.78 is 0. The summed E-state index contributed by atoms with van der Waals surface area (Å²) in [6.45, 7) is 0.808. The molecule has 0 saturated heterocycles. The topological polar surface area (TPSA) is 70.8 Å². The molecular formula is C29H33N5. The third-order valence-corrected chi connectivity index (χ3v) is 8.00. The van der Waals surface area contributed by atoms with Crippen molar-refractivity contribution in [3.8, 4) is 0 Å². The second-order valence-electron chi connectivity index (χ2n) is 10.1. The second kappa shape index (κ2) is 8.97. The van der Waals surface area contributed by atoms with Gasteiger partial charge in [-0.25, -0.2) is 4.98 Å². The van der Waals surface area contributed by atoms with Gasteiger partial charge < -0.3 is 10.7 Å². The zero-order valence-electron chi connectivity index (χ0n) is 19.7. The Bertz CT molecular complexity index is 1220. The number of pyridine rings is 1. The van der Waals surface area contributed by atoms with Crippen LogP contribution < -0.4 is 5.73 Å². The Morgan fingerprint density at radius 2 is 1.74 bits per heavy atom. The fraction of sp³-hybridized carbons (Fsp3) is 0.379. The van der Waals surface area contributed by atoms with Crippen LogP contribution >= 0.6 is 0 Å². The highest BCUT2D eigenvalue weighted by atomic mass is 15.2. The van der Waals surface area contributed by atoms with Crippen LogP contribution in [0.4, 0.5) is 0 Å². The highest BCUT2D eigenvalue weighted by Gasteiger charge is 2.39. The predicted molar refractivity (Wildman–Crippen MR) is 136 cm³/mol. The number of benzene rings is 2. The molecule has 5 nitrogen and oxygen atoms in total. The number of hydrogen-bond donors (Lipinski definition) is 2. The Kier molecular flexibility index (Phi) is 5.67. The lowest BCUT2D eigenvalue weighted by atomic mass is 9.74. The monoisotopic (exact) mass is 451 g/mol. The largest absolute Gasteiger partial charge is 0.341 e. The van der Waals surface area contributed by atoms with Crippen LogP contribution in [0.5, 0.6) is 0 Å². The van der Waals surface area contributed by atoms with Crippen LogP contribution in [0.3, 0.4) is 0 Å². The van der Waals surface area contributed by atoms with Gasteiger partial charge in [0.15, 0.2) is 0 Å². The summed E-state index contributed by atoms with van der Waals surface area (Å²) in [5.41, 5.74) is 12.8. The molecule has 0 radical (unpaired) electrons. The molecule has 1 fully saturated rings. The molecule has 2 aromatic carbocycles. The van der Waals surface area contributed by atoms with E-state index in [-0.39, 0.29) is 5.54 Å². The van der Waals surface area contributed by atoms with Crippen molar-refractivity contribution in [1.29, 1.82) is 0 Å². The summed E-state index contributed by atoms with van der Waals surface area (Å²) in [4.78, 5) is 16.1. The smallest absolute Gasteiger partial charge is 0.121 e. The molecular weight excluding hydrogens is 418 g/mol. The first-order valence-electron chi connectivity index (χ1n) is 12.7. The fourth-order valence-corrected chi connectivity index (χ4v) is 6.16. The molecule has 1 saturated carbocycles. The van der Waals surface area contributed by atoms with Crippen molar-refractivity contribution in [2.24, 2.45) is 5.73 Å². The van der Waals surface area contributed by atoms with E-state index in [9.17, 15) is 0 Å². The van der Waals surface area contributed by atoms with Crippen molar-refractivity contribution < 1.29 is 0 Å². The first-order valence-corrected chi connectivity index (χ1v) is 12.7. The molecule has 34 heavy (non-hydrogen) atoms. The number of rotatable bonds is 5. The van der Waals surface area contributed by atoms with Crippen LogP contribution in [0.25, 0.3) is 11.0 Å². The van der Waals surface area contributed by atoms with Crippen molar-refractivity contribution >= 4 is 11.0 Å². The molecule has 0 spiro atoms. The first-order chi connectivity index (χ1) is 16.7. The van der Waals surface area contributed by atoms with Crippen LogP contribution in [0.1, 0.15) is 67.2 Å². The highest BCUT2D eigenvalue weighted by Crippen LogP contribution is 2.42. The van der Waals surface area contributed by atoms with E-state index in [2.05, 4.69) is 76.6 Å². The third kappa shape index (κ3) is 4.04. The van der Waals surface area contributed by atoms with Crippen LogP contribution in [-0.2, 0) is 18.5 Å². The molecule has 2 aliphatic carbocycles. The minimum Gasteiger partial charge on any atom is -0.341 e. The molecule has 2 heterocycles. The van der Waals surface area contributed by atoms with E-state index in [4.69, 9.17) is 15.7 Å². The maximum Gasteiger partial charge on any atom is 0.121 e. The SMILES string of the molecule is N[C@]1(c2ccccc2)CC[C@@H](N(Cc2nc3ccccc3[nH]2)C2CCCc3cccnc32)CC1. The number of nitrogens with zero attached hydrogens (tertiary/aromatic N) is 3. The highest BCUT2D eigenvalue weighted by molar-refractivity contribution is 5.74. The van der Waals surface area contributed by atoms with Gasteiger partial charge >= 0.3 is 0 Å². The number of nitrogens with two attached hydrogens (primary N) is 1. The normalized spacial score (nSPS) is 24.9. The summed E-state index contributed by atoms with van der Waals surface area (Å²) in [5, 5.41) is 0. The number of H-pyrrole nitrogens is 1. The Balaban J connectivity index is 1.30. The number of aryl methyl sites for hydroxylation is 1. The lowest BCUT2D eigenvalue weighted by molar-refractivity contribution is 0.0623. The van der Waals surface area contributed by atoms with Crippen LogP contribution in [0.15, 0.2) is 72.9 Å². The van der Waals surface area contributed by atoms with Crippen molar-refractivity contribution in [2.75, 3.05) is 0 Å². The van der Waals surface area contributed by atoms with Gasteiger partial charge in [-0.15, -0.1) is 0 Å². The number of aromatic amines is 1. The van der Waals surface area contributed by atoms with Crippen LogP contribution in [0.2, 0.25) is 0 Å². The number of imidazole rings is 1. The quantitative estimate of drug-likeness (QED) is 0.412. The van der Waals surface area contributed by atoms with Gasteiger partial charge in [0.25, 0.3) is 0 Å². The standard InChI is InChI=1S/C29H33N5/c30-29(22-10-2-1-3-11-22)17-15-23(16-18-29)34(20-27-32-24-12-4-5-13-25(24)33-27)26-14-6-8-21-9-7-19-31-28(21)26/h1-5,7,9-13,19,23,26H,6,8,14-18,20,30H2,(H,32,33)/t23-,26?,29-. The third-order valence-electron chi connectivity index (χ3n) is 8.00. The lowest BCUT2D eigenvalue weighted by Gasteiger charge is -2.45. The molecule has 0 bridgehead atoms. The van der Waals surface area contributed by atoms with Crippen molar-refractivity contribution in [2.45, 2.75) is 69.1 Å². The molecule has 6 rings (SSSR count). The van der Waals surface area contributed by atoms with Gasteiger partial charge in [0.2, 0.25) is 0 Å². The number of para-hydroxylation sites is 2. The zero-order valence-corrected chi connectivity index (χ0v) is 19.7. The number of nitrogens with one attached hydrogen (secondary N) is 1. The molecule has 3 N–H and O–H groups in total. The van der Waals surface area contributed by atoms with Gasteiger partial charge in [-0.3, -0.25) is 9.88 Å². The minimum atomic E-state index is -0.231. The summed E-state index contributed by atoms with van der Waals surface area (Å²) >= 11 is 0. The van der Waals surface area contributed by atoms with Crippen molar-refractivity contribution in [3.05, 3.63) is 95.6 Å². The van der Waals surface area contributed by atoms with Crippen molar-refractivity contribution in [1.82, 2.24) is 19.9 Å². The molecule has 4 aromatic rings. The Morgan fingerprint density at radius 1 is 0.941 bits per heavy atom. The number of hydrogen-bond acceptors (Lipinski definition) is 4. The Labute approximate surface area is 201 Å². The van der Waals surface area contributed by atoms with E-state index in [0.717, 1.165) is 61.9 Å². The van der Waals surface area contributed by atoms with E-state index < -0.39 is 0 Å². The molecule has 174 valence electrons. The molecule has 0 aliphatic heterocycles. The maximum atomic E-state index is 6.95. The summed E-state index contributed by atoms with van der Waals surface area (Å²) in [6.07, 6.45) is 9.61. The van der Waals surface area contributed by atoms with Gasteiger partial charge in [0.05, 0.1) is 29.3 Å². The molecule has 0 amide bonds. The molecule has 1 atom stereocenters. The van der Waals surface area contributed by atoms with Crippen LogP contribution in [0, 0.1) is 0 Å². The van der Waals surface area contributed by atoms with Gasteiger partial charge in [-0.1, -0.05) is 48.5 Å². The van der Waals surface area contributed by atoms with E-state index in [1.54, 1.807) is 0 Å². The number of aromatic nitrogens is 3. The average Bonchev–Trinajstić information content (AvgIpc) is 3.31. The molecule has 1 unspecified atom stereocenters. The van der Waals surface area contributed by atoms with Gasteiger partial charge in [-0.05, 0) is 74.3 Å². The van der Waals surface area contributed by atoms with Gasteiger partial charge in [-0.2, -0.15) is 0 Å². The predicted octanol–water partition coefficient (Wildman–Crippen LogP) is 5.63. The average molecular weight is 452 g/mol. The molecule has 2 aliphatic rings. The first kappa shape index (κ1) is 21.5. The zero-order chi connectivity index (χ0) is 23.0. The van der Waals surface area contributed by atoms with E-state index in [0.29, 0.717) is 12.1 Å². The van der Waals surface area contributed by atoms with E-state index in [1.165, 1.54) is 23.2 Å². The van der Waals surface area contributed by atoms with Crippen LogP contribution in [-0.4, -0.2) is 25.9 Å². The minimum absolute atomic E-state index is 0.231. The van der Waals surface area contributed by atoms with Gasteiger partial charge in [0, 0.05) is 17.8 Å². The van der Waals surface area contributed by atoms with E-state index >= 15 is 0 Å². The maximum absolute atomic E-state index is 6.95. The van der Waals surface area contributed by atoms with Gasteiger partial charge in [0.1, 0.15) is 5.82 Å².